The molecule has 3 heteroatoms. The van der Waals surface area contributed by atoms with E-state index in [0.29, 0.717) is 0 Å². The molecule has 1 aliphatic rings. The number of nitrogens with zero attached hydrogens (tertiary/aromatic N) is 2. The first-order valence-corrected chi connectivity index (χ1v) is 7.21. The maximum atomic E-state index is 10.2. The Morgan fingerprint density at radius 3 is 2.70 bits per heavy atom. The zero-order chi connectivity index (χ0) is 13.8. The van der Waals surface area contributed by atoms with Crippen LogP contribution < -0.4 is 0 Å². The lowest BCUT2D eigenvalue weighted by molar-refractivity contribution is 0.134. The van der Waals surface area contributed by atoms with Gasteiger partial charge in [-0.05, 0) is 36.1 Å². The van der Waals surface area contributed by atoms with Gasteiger partial charge in [-0.15, -0.1) is 0 Å². The molecule has 0 saturated carbocycles. The van der Waals surface area contributed by atoms with Crippen molar-refractivity contribution in [2.45, 2.75) is 25.5 Å². The van der Waals surface area contributed by atoms with E-state index in [1.54, 1.807) is 6.20 Å². The molecule has 2 heterocycles. The maximum Gasteiger partial charge on any atom is 0.0971 e. The first-order chi connectivity index (χ1) is 9.83. The quantitative estimate of drug-likeness (QED) is 0.926. The summed E-state index contributed by atoms with van der Waals surface area (Å²) in [7, 11) is 0. The Balaban J connectivity index is 1.55. The van der Waals surface area contributed by atoms with Crippen LogP contribution in [0.3, 0.4) is 0 Å². The van der Waals surface area contributed by atoms with Gasteiger partial charge in [-0.3, -0.25) is 9.88 Å². The van der Waals surface area contributed by atoms with E-state index >= 15 is 0 Å². The van der Waals surface area contributed by atoms with Gasteiger partial charge in [-0.1, -0.05) is 30.3 Å². The highest BCUT2D eigenvalue weighted by molar-refractivity contribution is 5.29. The third-order valence-corrected chi connectivity index (χ3v) is 3.96. The standard InChI is InChI=1S/C17H20N2O/c20-17(16-7-3-4-10-18-16)9-12-19-11-8-14-5-1-2-6-15(14)13-19/h1-7,10,17,20H,8-9,11-13H2/t17-/m1/s1. The molecule has 2 aromatic rings. The normalized spacial score (nSPS) is 16.6. The summed E-state index contributed by atoms with van der Waals surface area (Å²) < 4.78 is 0. The van der Waals surface area contributed by atoms with Gasteiger partial charge >= 0.3 is 0 Å². The number of pyridine rings is 1. The predicted molar refractivity (Wildman–Crippen MR) is 79.2 cm³/mol. The van der Waals surface area contributed by atoms with E-state index in [1.807, 2.05) is 18.2 Å². The summed E-state index contributed by atoms with van der Waals surface area (Å²) in [6.45, 7) is 2.98. The van der Waals surface area contributed by atoms with Crippen molar-refractivity contribution in [2.75, 3.05) is 13.1 Å². The molecule has 0 bridgehead atoms. The van der Waals surface area contributed by atoms with Gasteiger partial charge in [0, 0.05) is 25.8 Å². The monoisotopic (exact) mass is 268 g/mol. The van der Waals surface area contributed by atoms with E-state index in [2.05, 4.69) is 34.1 Å². The molecule has 1 aliphatic heterocycles. The third-order valence-electron chi connectivity index (χ3n) is 3.96. The number of fused-ring (bicyclic) bond motifs is 1. The van der Waals surface area contributed by atoms with Crippen LogP contribution in [0.15, 0.2) is 48.7 Å². The molecule has 3 nitrogen and oxygen atoms in total. The van der Waals surface area contributed by atoms with Gasteiger partial charge < -0.3 is 5.11 Å². The van der Waals surface area contributed by atoms with Gasteiger partial charge in [0.2, 0.25) is 0 Å². The molecule has 3 rings (SSSR count). The topological polar surface area (TPSA) is 36.4 Å². The minimum atomic E-state index is -0.464. The summed E-state index contributed by atoms with van der Waals surface area (Å²) in [5, 5.41) is 10.2. The molecule has 0 saturated heterocycles. The molecule has 0 unspecified atom stereocenters. The average molecular weight is 268 g/mol. The zero-order valence-electron chi connectivity index (χ0n) is 11.6. The SMILES string of the molecule is O[C@H](CCN1CCc2ccccc2C1)c1ccccn1. The van der Waals surface area contributed by atoms with Crippen molar-refractivity contribution in [3.63, 3.8) is 0 Å². The van der Waals surface area contributed by atoms with Gasteiger partial charge in [0.05, 0.1) is 11.8 Å². The smallest absolute Gasteiger partial charge is 0.0971 e. The lowest BCUT2D eigenvalue weighted by Gasteiger charge is -2.29. The Morgan fingerprint density at radius 2 is 1.90 bits per heavy atom. The molecule has 1 aromatic carbocycles. The third kappa shape index (κ3) is 3.06. The summed E-state index contributed by atoms with van der Waals surface area (Å²) in [6, 6.07) is 14.3. The molecule has 1 N–H and O–H groups in total. The summed E-state index contributed by atoms with van der Waals surface area (Å²) in [5.41, 5.74) is 3.66. The Hall–Kier alpha value is -1.71. The molecule has 1 atom stereocenters. The van der Waals surface area contributed by atoms with Gasteiger partial charge in [0.15, 0.2) is 0 Å². The maximum absolute atomic E-state index is 10.2. The lowest BCUT2D eigenvalue weighted by atomic mass is 9.99. The Kier molecular flexibility index (Phi) is 4.09. The van der Waals surface area contributed by atoms with Crippen LogP contribution >= 0.6 is 0 Å². The summed E-state index contributed by atoms with van der Waals surface area (Å²) in [4.78, 5) is 6.62. The van der Waals surface area contributed by atoms with Gasteiger partial charge in [0.1, 0.15) is 0 Å². The second-order valence-electron chi connectivity index (χ2n) is 5.35. The van der Waals surface area contributed by atoms with Crippen molar-refractivity contribution in [3.8, 4) is 0 Å². The summed E-state index contributed by atoms with van der Waals surface area (Å²) >= 11 is 0. The highest BCUT2D eigenvalue weighted by Crippen LogP contribution is 2.20. The van der Waals surface area contributed by atoms with E-state index in [4.69, 9.17) is 0 Å². The van der Waals surface area contributed by atoms with E-state index in [9.17, 15) is 5.11 Å². The second-order valence-corrected chi connectivity index (χ2v) is 5.35. The van der Waals surface area contributed by atoms with Crippen LogP contribution in [-0.4, -0.2) is 28.1 Å². The number of aliphatic hydroxyl groups excluding tert-OH is 1. The van der Waals surface area contributed by atoms with Crippen LogP contribution in [0.5, 0.6) is 0 Å². The van der Waals surface area contributed by atoms with Crippen molar-refractivity contribution in [1.29, 1.82) is 0 Å². The Morgan fingerprint density at radius 1 is 1.10 bits per heavy atom. The van der Waals surface area contributed by atoms with Crippen molar-refractivity contribution in [1.82, 2.24) is 9.88 Å². The minimum absolute atomic E-state index is 0.464. The van der Waals surface area contributed by atoms with Crippen LogP contribution in [0.4, 0.5) is 0 Å². The molecule has 104 valence electrons. The first kappa shape index (κ1) is 13.3. The van der Waals surface area contributed by atoms with E-state index in [1.165, 1.54) is 11.1 Å². The predicted octanol–water partition coefficient (Wildman–Crippen LogP) is 2.56. The van der Waals surface area contributed by atoms with Crippen molar-refractivity contribution in [3.05, 3.63) is 65.5 Å². The molecular weight excluding hydrogens is 248 g/mol. The largest absolute Gasteiger partial charge is 0.387 e. The first-order valence-electron chi connectivity index (χ1n) is 7.21. The summed E-state index contributed by atoms with van der Waals surface area (Å²) in [6.07, 6.45) is 3.11. The van der Waals surface area contributed by atoms with Crippen molar-refractivity contribution in [2.24, 2.45) is 0 Å². The van der Waals surface area contributed by atoms with E-state index in [-0.39, 0.29) is 0 Å². The van der Waals surface area contributed by atoms with Crippen LogP contribution in [0.25, 0.3) is 0 Å². The number of aliphatic hydroxyl groups is 1. The number of hydrogen-bond donors (Lipinski definition) is 1. The molecule has 0 aliphatic carbocycles. The molecule has 1 aromatic heterocycles. The van der Waals surface area contributed by atoms with Gasteiger partial charge in [-0.2, -0.15) is 0 Å². The van der Waals surface area contributed by atoms with Crippen LogP contribution in [0.1, 0.15) is 29.3 Å². The van der Waals surface area contributed by atoms with E-state index < -0.39 is 6.10 Å². The molecule has 0 radical (unpaired) electrons. The van der Waals surface area contributed by atoms with Gasteiger partial charge in [-0.25, -0.2) is 0 Å². The number of hydrogen-bond acceptors (Lipinski definition) is 3. The molecule has 0 fully saturated rings. The Bertz CT molecular complexity index is 556. The van der Waals surface area contributed by atoms with Gasteiger partial charge in [0.25, 0.3) is 0 Å². The average Bonchev–Trinajstić information content (AvgIpc) is 2.53. The van der Waals surface area contributed by atoms with Crippen molar-refractivity contribution < 1.29 is 5.11 Å². The fraction of sp³-hybridized carbons (Fsp3) is 0.353. The second kappa shape index (κ2) is 6.16. The van der Waals surface area contributed by atoms with Crippen LogP contribution in [0.2, 0.25) is 0 Å². The van der Waals surface area contributed by atoms with Crippen LogP contribution in [-0.2, 0) is 13.0 Å². The molecule has 20 heavy (non-hydrogen) atoms. The number of benzene rings is 1. The summed E-state index contributed by atoms with van der Waals surface area (Å²) in [5.74, 6) is 0. The fourth-order valence-electron chi connectivity index (χ4n) is 2.77. The number of aromatic nitrogens is 1. The lowest BCUT2D eigenvalue weighted by Crippen LogP contribution is -2.32. The van der Waals surface area contributed by atoms with Crippen molar-refractivity contribution >= 4 is 0 Å². The highest BCUT2D eigenvalue weighted by Gasteiger charge is 2.17. The zero-order valence-corrected chi connectivity index (χ0v) is 11.6. The van der Waals surface area contributed by atoms with Crippen LogP contribution in [0, 0.1) is 0 Å². The highest BCUT2D eigenvalue weighted by atomic mass is 16.3. The molecule has 0 amide bonds. The minimum Gasteiger partial charge on any atom is -0.387 e. The van der Waals surface area contributed by atoms with E-state index in [0.717, 1.165) is 38.2 Å². The molecular formula is C17H20N2O. The fourth-order valence-corrected chi connectivity index (χ4v) is 2.77. The number of rotatable bonds is 4. The Labute approximate surface area is 119 Å². The molecule has 0 spiro atoms.